The Bertz CT molecular complexity index is 803. The predicted molar refractivity (Wildman–Crippen MR) is 103 cm³/mol. The lowest BCUT2D eigenvalue weighted by Gasteiger charge is -2.12. The summed E-state index contributed by atoms with van der Waals surface area (Å²) in [5, 5.41) is 11.7. The highest BCUT2D eigenvalue weighted by Crippen LogP contribution is 2.49. The Balaban J connectivity index is 1.08. The van der Waals surface area contributed by atoms with Crippen LogP contribution in [0.25, 0.3) is 0 Å². The van der Waals surface area contributed by atoms with Crippen LogP contribution in [0.15, 0.2) is 34.9 Å². The van der Waals surface area contributed by atoms with E-state index in [0.29, 0.717) is 17.9 Å². The minimum atomic E-state index is 0.127. The molecule has 2 N–H and O–H groups in total. The fourth-order valence-electron chi connectivity index (χ4n) is 5.43. The summed E-state index contributed by atoms with van der Waals surface area (Å²) < 4.78 is 5.74. The average molecular weight is 364 g/mol. The Kier molecular flexibility index (Phi) is 3.70. The van der Waals surface area contributed by atoms with E-state index in [1.807, 2.05) is 0 Å². The third kappa shape index (κ3) is 2.92. The van der Waals surface area contributed by atoms with E-state index in [4.69, 9.17) is 9.51 Å². The Labute approximate surface area is 160 Å². The topological polar surface area (TPSA) is 63.0 Å². The summed E-state index contributed by atoms with van der Waals surface area (Å²) in [4.78, 5) is 4.89. The summed E-state index contributed by atoms with van der Waals surface area (Å²) in [6, 6.07) is 11.5. The van der Waals surface area contributed by atoms with Crippen LogP contribution in [-0.4, -0.2) is 35.8 Å². The van der Waals surface area contributed by atoms with Gasteiger partial charge in [-0.05, 0) is 62.6 Å². The second kappa shape index (κ2) is 6.14. The largest absolute Gasteiger partial charge is 0.339 e. The molecule has 5 nitrogen and oxygen atoms in total. The minimum Gasteiger partial charge on any atom is -0.339 e. The normalized spacial score (nSPS) is 35.9. The van der Waals surface area contributed by atoms with E-state index in [9.17, 15) is 0 Å². The van der Waals surface area contributed by atoms with Gasteiger partial charge in [-0.1, -0.05) is 35.5 Å². The molecule has 0 radical (unpaired) electrons. The molecule has 5 heteroatoms. The molecule has 0 spiro atoms. The van der Waals surface area contributed by atoms with Crippen molar-refractivity contribution in [2.75, 3.05) is 19.6 Å². The summed E-state index contributed by atoms with van der Waals surface area (Å²) in [6.45, 7) is 3.32. The minimum absolute atomic E-state index is 0.127. The van der Waals surface area contributed by atoms with Gasteiger partial charge in [-0.2, -0.15) is 4.98 Å². The van der Waals surface area contributed by atoms with E-state index in [1.54, 1.807) is 0 Å². The first-order chi connectivity index (χ1) is 13.3. The number of hydrogen-bond acceptors (Lipinski definition) is 5. The highest BCUT2D eigenvalue weighted by molar-refractivity contribution is 5.28. The molecule has 2 heterocycles. The molecule has 27 heavy (non-hydrogen) atoms. The van der Waals surface area contributed by atoms with Crippen LogP contribution < -0.4 is 10.6 Å². The maximum absolute atomic E-state index is 5.74. The first-order valence-electron chi connectivity index (χ1n) is 10.6. The van der Waals surface area contributed by atoms with Crippen LogP contribution in [0.5, 0.6) is 0 Å². The molecule has 3 unspecified atom stereocenters. The molecule has 3 aliphatic carbocycles. The van der Waals surface area contributed by atoms with E-state index < -0.39 is 0 Å². The maximum atomic E-state index is 5.74. The third-order valence-corrected chi connectivity index (χ3v) is 7.49. The van der Waals surface area contributed by atoms with Crippen molar-refractivity contribution in [3.63, 3.8) is 0 Å². The predicted octanol–water partition coefficient (Wildman–Crippen LogP) is 2.96. The SMILES string of the molecule is c1ccc([C@@H]2CC2NCC2(c3noc(C4CC5CNC[C@@H]5C4)n3)CC2)cc1. The molecule has 142 valence electrons. The molecule has 1 saturated heterocycles. The van der Waals surface area contributed by atoms with Gasteiger partial charge in [0.05, 0.1) is 0 Å². The van der Waals surface area contributed by atoms with Crippen molar-refractivity contribution < 1.29 is 4.52 Å². The summed E-state index contributed by atoms with van der Waals surface area (Å²) in [6.07, 6.45) is 6.04. The molecule has 0 amide bonds. The second-order valence-corrected chi connectivity index (χ2v) is 9.32. The number of benzene rings is 1. The molecule has 5 atom stereocenters. The average Bonchev–Trinajstić information content (AvgIpc) is 3.46. The van der Waals surface area contributed by atoms with Crippen LogP contribution in [-0.2, 0) is 5.41 Å². The molecule has 1 aromatic heterocycles. The molecule has 4 fully saturated rings. The van der Waals surface area contributed by atoms with E-state index in [0.717, 1.165) is 30.1 Å². The molecule has 0 bridgehead atoms. The van der Waals surface area contributed by atoms with Gasteiger partial charge in [0.1, 0.15) is 0 Å². The zero-order chi connectivity index (χ0) is 17.8. The molecule has 6 rings (SSSR count). The van der Waals surface area contributed by atoms with E-state index in [2.05, 4.69) is 46.1 Å². The van der Waals surface area contributed by atoms with Crippen LogP contribution in [0, 0.1) is 11.8 Å². The summed E-state index contributed by atoms with van der Waals surface area (Å²) in [5.74, 6) is 4.64. The number of nitrogens with zero attached hydrogens (tertiary/aromatic N) is 2. The highest BCUT2D eigenvalue weighted by Gasteiger charge is 2.51. The Morgan fingerprint density at radius 2 is 1.85 bits per heavy atom. The lowest BCUT2D eigenvalue weighted by Crippen LogP contribution is -2.30. The molecule has 4 aliphatic rings. The summed E-state index contributed by atoms with van der Waals surface area (Å²) in [5.41, 5.74) is 1.59. The standard InChI is InChI=1S/C22H28N4O/c1-2-4-14(5-3-1)18-10-19(18)24-13-22(6-7-22)21-25-20(27-26-21)15-8-16-11-23-12-17(16)9-15/h1-5,15-19,23-24H,6-13H2/t15?,16-,17?,18-,19?/m0/s1. The van der Waals surface area contributed by atoms with Gasteiger partial charge in [-0.15, -0.1) is 0 Å². The van der Waals surface area contributed by atoms with Gasteiger partial charge in [-0.25, -0.2) is 0 Å². The lowest BCUT2D eigenvalue weighted by molar-refractivity contribution is 0.340. The molecule has 3 saturated carbocycles. The lowest BCUT2D eigenvalue weighted by atomic mass is 10.0. The highest BCUT2D eigenvalue weighted by atomic mass is 16.5. The van der Waals surface area contributed by atoms with Crippen LogP contribution in [0.2, 0.25) is 0 Å². The Morgan fingerprint density at radius 3 is 2.59 bits per heavy atom. The third-order valence-electron chi connectivity index (χ3n) is 7.49. The van der Waals surface area contributed by atoms with Crippen LogP contribution in [0.3, 0.4) is 0 Å². The van der Waals surface area contributed by atoms with E-state index >= 15 is 0 Å². The van der Waals surface area contributed by atoms with Gasteiger partial charge in [0.2, 0.25) is 5.89 Å². The smallest absolute Gasteiger partial charge is 0.229 e. The van der Waals surface area contributed by atoms with Gasteiger partial charge in [-0.3, -0.25) is 0 Å². The number of aromatic nitrogens is 2. The fraction of sp³-hybridized carbons (Fsp3) is 0.636. The number of fused-ring (bicyclic) bond motifs is 1. The first-order valence-corrected chi connectivity index (χ1v) is 10.6. The number of hydrogen-bond donors (Lipinski definition) is 2. The van der Waals surface area contributed by atoms with Crippen molar-refractivity contribution >= 4 is 0 Å². The maximum Gasteiger partial charge on any atom is 0.229 e. The van der Waals surface area contributed by atoms with Gasteiger partial charge in [0.15, 0.2) is 5.82 Å². The van der Waals surface area contributed by atoms with Crippen molar-refractivity contribution in [3.8, 4) is 0 Å². The molecule has 1 aromatic carbocycles. The van der Waals surface area contributed by atoms with Gasteiger partial charge in [0.25, 0.3) is 0 Å². The van der Waals surface area contributed by atoms with Crippen LogP contribution >= 0.6 is 0 Å². The number of nitrogens with one attached hydrogen (secondary N) is 2. The Morgan fingerprint density at radius 1 is 1.07 bits per heavy atom. The van der Waals surface area contributed by atoms with Crippen molar-refractivity contribution in [1.82, 2.24) is 20.8 Å². The van der Waals surface area contributed by atoms with Crippen LogP contribution in [0.1, 0.15) is 61.2 Å². The van der Waals surface area contributed by atoms with Crippen molar-refractivity contribution in [3.05, 3.63) is 47.6 Å². The summed E-state index contributed by atoms with van der Waals surface area (Å²) in [7, 11) is 0. The fourth-order valence-corrected chi connectivity index (χ4v) is 5.43. The van der Waals surface area contributed by atoms with Crippen molar-refractivity contribution in [2.24, 2.45) is 11.8 Å². The van der Waals surface area contributed by atoms with Crippen molar-refractivity contribution in [1.29, 1.82) is 0 Å². The number of rotatable bonds is 6. The molecular formula is C22H28N4O. The van der Waals surface area contributed by atoms with E-state index in [-0.39, 0.29) is 5.41 Å². The van der Waals surface area contributed by atoms with Gasteiger partial charge >= 0.3 is 0 Å². The molecular weight excluding hydrogens is 336 g/mol. The quantitative estimate of drug-likeness (QED) is 0.825. The monoisotopic (exact) mass is 364 g/mol. The zero-order valence-corrected chi connectivity index (χ0v) is 15.7. The van der Waals surface area contributed by atoms with Crippen LogP contribution in [0.4, 0.5) is 0 Å². The van der Waals surface area contributed by atoms with E-state index in [1.165, 1.54) is 50.8 Å². The summed E-state index contributed by atoms with van der Waals surface area (Å²) >= 11 is 0. The Hall–Kier alpha value is -1.72. The second-order valence-electron chi connectivity index (χ2n) is 9.32. The molecule has 2 aromatic rings. The van der Waals surface area contributed by atoms with Gasteiger partial charge < -0.3 is 15.2 Å². The molecule has 1 aliphatic heterocycles. The zero-order valence-electron chi connectivity index (χ0n) is 15.7. The van der Waals surface area contributed by atoms with Crippen molar-refractivity contribution in [2.45, 2.75) is 55.4 Å². The first kappa shape index (κ1) is 16.3. The van der Waals surface area contributed by atoms with Gasteiger partial charge in [0, 0.05) is 29.8 Å².